The monoisotopic (exact) mass is 876 g/mol. The molecule has 0 aliphatic carbocycles. The predicted molar refractivity (Wildman–Crippen MR) is 198 cm³/mol. The van der Waals surface area contributed by atoms with E-state index in [2.05, 4.69) is 6.58 Å². The first-order valence-corrected chi connectivity index (χ1v) is 19.0. The predicted octanol–water partition coefficient (Wildman–Crippen LogP) is -0.425. The van der Waals surface area contributed by atoms with Crippen molar-refractivity contribution in [1.82, 2.24) is 0 Å². The van der Waals surface area contributed by atoms with Crippen LogP contribution in [0.3, 0.4) is 0 Å². The van der Waals surface area contributed by atoms with Crippen LogP contribution in [-0.4, -0.2) is 153 Å². The Morgan fingerprint density at radius 3 is 2.11 bits per heavy atom. The number of para-hydroxylation sites is 2. The minimum Gasteiger partial charge on any atom is -0.504 e. The molecule has 4 aliphatic rings. The zero-order chi connectivity index (χ0) is 45.0. The lowest BCUT2D eigenvalue weighted by Gasteiger charge is -2.46. The van der Waals surface area contributed by atoms with Gasteiger partial charge in [0, 0.05) is 25.7 Å². The first-order valence-electron chi connectivity index (χ1n) is 19.0. The van der Waals surface area contributed by atoms with Crippen LogP contribution in [0.1, 0.15) is 41.0 Å². The van der Waals surface area contributed by atoms with E-state index in [0.717, 1.165) is 44.4 Å². The Kier molecular flexibility index (Phi) is 14.2. The van der Waals surface area contributed by atoms with Crippen molar-refractivity contribution in [1.29, 1.82) is 0 Å². The maximum atomic E-state index is 14.0. The van der Waals surface area contributed by atoms with E-state index >= 15 is 0 Å². The molecular weight excluding hydrogens is 832 g/mol. The van der Waals surface area contributed by atoms with Crippen molar-refractivity contribution < 1.29 is 107 Å². The van der Waals surface area contributed by atoms with E-state index in [9.17, 15) is 59.7 Å². The van der Waals surface area contributed by atoms with Gasteiger partial charge in [-0.25, -0.2) is 14.4 Å². The molecule has 6 rings (SSSR count). The smallest absolute Gasteiger partial charge is 0.342 e. The molecule has 2 aromatic carbocycles. The van der Waals surface area contributed by atoms with Crippen LogP contribution in [0.25, 0.3) is 0 Å². The van der Waals surface area contributed by atoms with Gasteiger partial charge in [-0.3, -0.25) is 9.59 Å². The highest BCUT2D eigenvalue weighted by Gasteiger charge is 2.55. The lowest BCUT2D eigenvalue weighted by atomic mass is 9.81. The van der Waals surface area contributed by atoms with Gasteiger partial charge >= 0.3 is 29.8 Å². The molecule has 22 nitrogen and oxygen atoms in total. The summed E-state index contributed by atoms with van der Waals surface area (Å²) in [4.78, 5) is 65.2. The average molecular weight is 877 g/mol. The zero-order valence-corrected chi connectivity index (χ0v) is 32.9. The van der Waals surface area contributed by atoms with Crippen LogP contribution < -0.4 is 4.74 Å². The number of carbonyl (C=O) groups is 5. The zero-order valence-electron chi connectivity index (χ0n) is 32.9. The molecule has 0 bridgehead atoms. The molecule has 0 amide bonds. The van der Waals surface area contributed by atoms with Crippen LogP contribution >= 0.6 is 0 Å². The topological polar surface area (TPSA) is 319 Å². The number of aromatic hydroxyl groups is 3. The van der Waals surface area contributed by atoms with Gasteiger partial charge in [0.25, 0.3) is 0 Å². The second-order valence-electron chi connectivity index (χ2n) is 14.4. The number of ether oxygens (including phenoxy) is 10. The number of benzene rings is 2. The van der Waals surface area contributed by atoms with Crippen LogP contribution in [0.2, 0.25) is 0 Å². The summed E-state index contributed by atoms with van der Waals surface area (Å²) < 4.78 is 56.6. The summed E-state index contributed by atoms with van der Waals surface area (Å²) in [6.07, 6.45) is -16.3. The van der Waals surface area contributed by atoms with Gasteiger partial charge in [0.15, 0.2) is 41.3 Å². The van der Waals surface area contributed by atoms with Crippen LogP contribution in [0, 0.1) is 11.8 Å². The van der Waals surface area contributed by atoms with Crippen molar-refractivity contribution in [2.75, 3.05) is 19.8 Å². The number of fused-ring (bicyclic) bond motifs is 1. The Morgan fingerprint density at radius 1 is 0.790 bits per heavy atom. The van der Waals surface area contributed by atoms with Gasteiger partial charge in [-0.15, -0.1) is 6.58 Å². The number of phenolic OH excluding ortho intramolecular Hbond substituents is 3. The van der Waals surface area contributed by atoms with E-state index in [4.69, 9.17) is 47.4 Å². The third kappa shape index (κ3) is 9.55. The average Bonchev–Trinajstić information content (AvgIpc) is 3.23. The Morgan fingerprint density at radius 2 is 1.45 bits per heavy atom. The first kappa shape index (κ1) is 45.5. The number of hydrogen-bond donors (Lipinski definition) is 7. The van der Waals surface area contributed by atoms with Gasteiger partial charge in [-0.05, 0) is 30.7 Å². The highest BCUT2D eigenvalue weighted by molar-refractivity contribution is 5.94. The van der Waals surface area contributed by atoms with Crippen molar-refractivity contribution >= 4 is 29.8 Å². The van der Waals surface area contributed by atoms with E-state index in [1.165, 1.54) is 18.2 Å². The molecule has 2 aromatic rings. The van der Waals surface area contributed by atoms with Crippen molar-refractivity contribution in [2.45, 2.75) is 88.0 Å². The lowest BCUT2D eigenvalue weighted by Crippen LogP contribution is -2.64. The van der Waals surface area contributed by atoms with E-state index in [-0.39, 0.29) is 12.2 Å². The van der Waals surface area contributed by atoms with E-state index in [1.54, 1.807) is 0 Å². The van der Waals surface area contributed by atoms with Crippen LogP contribution in [0.4, 0.5) is 0 Å². The molecule has 7 N–H and O–H groups in total. The van der Waals surface area contributed by atoms with E-state index < -0.39 is 157 Å². The van der Waals surface area contributed by atoms with Gasteiger partial charge < -0.3 is 83.1 Å². The molecule has 4 heterocycles. The Balaban J connectivity index is 1.36. The van der Waals surface area contributed by atoms with Crippen LogP contribution in [0.15, 0.2) is 60.9 Å². The molecule has 0 saturated carbocycles. The maximum Gasteiger partial charge on any atom is 0.342 e. The fraction of sp³-hybridized carbons (Fsp3) is 0.475. The second-order valence-corrected chi connectivity index (χ2v) is 14.4. The normalized spacial score (nSPS) is 31.7. The van der Waals surface area contributed by atoms with Crippen LogP contribution in [0.5, 0.6) is 23.0 Å². The van der Waals surface area contributed by atoms with Crippen LogP contribution in [-0.2, 0) is 57.0 Å². The molecule has 0 aromatic heterocycles. The SMILES string of the molecule is C=C[C@H]1C(OC2OC(COC(C)=O)C(OC(=O)c3cccc(O[C@@H]4O[C@H](CO)[C@@H](O)[C@@H](O)[C@H]4O)c3O)C(OC(C)=O)C2OC(=O)c2cccc(O)c2O)OC=C2C(=O)OCC[C@H]21. The third-order valence-corrected chi connectivity index (χ3v) is 10.3. The Labute approximate surface area is 351 Å². The van der Waals surface area contributed by atoms with E-state index in [0.29, 0.717) is 6.42 Å². The number of aliphatic hydroxyl groups excluding tert-OH is 4. The standard InChI is InChI=1S/C40H44O22/c1-4-18-19-11-12-53-35(50)22(19)14-55-38(18)62-40-34(61-36(51)20-7-5-9-23(44)27(20)45)33(56-17(3)43)32(26(59-40)15-54-16(2)42)60-37(52)21-8-6-10-24(28(21)46)57-39-31(49)30(48)29(47)25(13-41)58-39/h4-10,14,18-19,25-26,29-34,38-41,44-49H,1,11-13,15H2,2-3H3/t18-,19+,25-,26?,29-,30-,31-,32?,33?,34?,38?,39-,40?/m1/s1. The number of aliphatic hydroxyl groups is 4. The molecule has 6 unspecified atom stereocenters. The molecule has 4 aliphatic heterocycles. The van der Waals surface area contributed by atoms with Crippen molar-refractivity contribution in [3.05, 3.63) is 72.0 Å². The molecule has 3 saturated heterocycles. The lowest BCUT2D eigenvalue weighted by molar-refractivity contribution is -0.338. The molecule has 3 fully saturated rings. The molecule has 336 valence electrons. The number of esters is 5. The van der Waals surface area contributed by atoms with Gasteiger partial charge in [-0.1, -0.05) is 18.2 Å². The molecule has 0 radical (unpaired) electrons. The first-order chi connectivity index (χ1) is 29.5. The Hall–Kier alpha value is -6.01. The summed E-state index contributed by atoms with van der Waals surface area (Å²) in [5.74, 6) is -9.53. The number of rotatable bonds is 13. The largest absolute Gasteiger partial charge is 0.504 e. The Bertz CT molecular complexity index is 2050. The highest BCUT2D eigenvalue weighted by atomic mass is 16.8. The second kappa shape index (κ2) is 19.4. The highest BCUT2D eigenvalue weighted by Crippen LogP contribution is 2.41. The minimum absolute atomic E-state index is 0.0653. The molecule has 13 atom stereocenters. The van der Waals surface area contributed by atoms with Gasteiger partial charge in [0.05, 0.1) is 25.0 Å². The summed E-state index contributed by atoms with van der Waals surface area (Å²) >= 11 is 0. The van der Waals surface area contributed by atoms with E-state index in [1.807, 2.05) is 0 Å². The summed E-state index contributed by atoms with van der Waals surface area (Å²) in [7, 11) is 0. The number of hydrogen-bond acceptors (Lipinski definition) is 22. The van der Waals surface area contributed by atoms with Crippen molar-refractivity contribution in [2.24, 2.45) is 11.8 Å². The molecule has 22 heteroatoms. The number of cyclic esters (lactones) is 1. The van der Waals surface area contributed by atoms with Crippen molar-refractivity contribution in [3.63, 3.8) is 0 Å². The van der Waals surface area contributed by atoms with Gasteiger partial charge in [0.2, 0.25) is 18.9 Å². The molecular formula is C40H44O22. The molecule has 0 spiro atoms. The maximum absolute atomic E-state index is 14.0. The summed E-state index contributed by atoms with van der Waals surface area (Å²) in [5, 5.41) is 72.3. The van der Waals surface area contributed by atoms with Gasteiger partial charge in [0.1, 0.15) is 48.3 Å². The van der Waals surface area contributed by atoms with Gasteiger partial charge in [-0.2, -0.15) is 0 Å². The summed E-state index contributed by atoms with van der Waals surface area (Å²) in [6, 6.07) is 6.79. The summed E-state index contributed by atoms with van der Waals surface area (Å²) in [5.41, 5.74) is -1.01. The van der Waals surface area contributed by atoms with Crippen molar-refractivity contribution in [3.8, 4) is 23.0 Å². The fourth-order valence-electron chi connectivity index (χ4n) is 7.21. The fourth-order valence-corrected chi connectivity index (χ4v) is 7.21. The molecule has 62 heavy (non-hydrogen) atoms. The number of carbonyl (C=O) groups excluding carboxylic acids is 5. The minimum atomic E-state index is -1.95. The quantitative estimate of drug-likeness (QED) is 0.0581. The summed E-state index contributed by atoms with van der Waals surface area (Å²) in [6.45, 7) is 4.41. The third-order valence-electron chi connectivity index (χ3n) is 10.3. The number of phenols is 3.